The van der Waals surface area contributed by atoms with E-state index in [9.17, 15) is 9.59 Å². The molecule has 2 aromatic carbocycles. The van der Waals surface area contributed by atoms with Crippen molar-refractivity contribution < 1.29 is 14.3 Å². The van der Waals surface area contributed by atoms with Gasteiger partial charge in [0.15, 0.2) is 0 Å². The third kappa shape index (κ3) is 3.67. The smallest absolute Gasteiger partial charge is 0.341 e. The van der Waals surface area contributed by atoms with Gasteiger partial charge in [0.2, 0.25) is 6.10 Å². The van der Waals surface area contributed by atoms with Crippen molar-refractivity contribution in [2.75, 3.05) is 14.1 Å². The number of amides is 1. The highest BCUT2D eigenvalue weighted by atomic mass is 16.5. The van der Waals surface area contributed by atoms with Crippen LogP contribution in [0.15, 0.2) is 54.6 Å². The van der Waals surface area contributed by atoms with Crippen LogP contribution in [0.1, 0.15) is 33.3 Å². The average molecular weight is 362 g/mol. The molecule has 1 atom stereocenters. The largest absolute Gasteiger partial charge is 0.444 e. The average Bonchev–Trinajstić information content (AvgIpc) is 2.66. The Hall–Kier alpha value is -3.21. The summed E-state index contributed by atoms with van der Waals surface area (Å²) < 4.78 is 5.69. The van der Waals surface area contributed by atoms with E-state index >= 15 is 0 Å². The van der Waals surface area contributed by atoms with Crippen molar-refractivity contribution in [1.29, 1.82) is 0 Å². The molecule has 0 aliphatic rings. The molecule has 1 aromatic heterocycles. The second kappa shape index (κ2) is 7.58. The van der Waals surface area contributed by atoms with Crippen LogP contribution in [0.25, 0.3) is 10.9 Å². The number of likely N-dealkylation sites (N-methyl/N-ethyl adjacent to an activating group) is 1. The summed E-state index contributed by atoms with van der Waals surface area (Å²) in [6, 6.07) is 16.7. The number of aryl methyl sites for hydroxylation is 2. The van der Waals surface area contributed by atoms with Gasteiger partial charge in [-0.25, -0.2) is 4.79 Å². The summed E-state index contributed by atoms with van der Waals surface area (Å²) >= 11 is 0. The third-order valence-electron chi connectivity index (χ3n) is 4.53. The second-order valence-corrected chi connectivity index (χ2v) is 6.64. The quantitative estimate of drug-likeness (QED) is 0.662. The number of ether oxygens (including phenoxy) is 1. The Morgan fingerprint density at radius 2 is 1.59 bits per heavy atom. The van der Waals surface area contributed by atoms with Gasteiger partial charge in [0, 0.05) is 25.0 Å². The molecule has 0 radical (unpaired) electrons. The standard InChI is InChI=1S/C22H22N2O3/c1-14-17-12-8-9-13-18(17)23-15(2)19(14)22(26)27-20(21(25)24(3)4)16-10-6-5-7-11-16/h5-13,20H,1-4H3/t20-/m1/s1. The molecule has 1 amide bonds. The van der Waals surface area contributed by atoms with Crippen molar-refractivity contribution in [1.82, 2.24) is 9.88 Å². The lowest BCUT2D eigenvalue weighted by atomic mass is 10.0. The van der Waals surface area contributed by atoms with Crippen molar-refractivity contribution in [3.63, 3.8) is 0 Å². The number of para-hydroxylation sites is 1. The second-order valence-electron chi connectivity index (χ2n) is 6.64. The highest BCUT2D eigenvalue weighted by molar-refractivity contribution is 5.99. The van der Waals surface area contributed by atoms with Gasteiger partial charge < -0.3 is 9.64 Å². The van der Waals surface area contributed by atoms with Crippen LogP contribution in [-0.2, 0) is 9.53 Å². The molecule has 0 bridgehead atoms. The van der Waals surface area contributed by atoms with Gasteiger partial charge in [0.25, 0.3) is 5.91 Å². The SMILES string of the molecule is Cc1nc2ccccc2c(C)c1C(=O)O[C@@H](C(=O)N(C)C)c1ccccc1. The summed E-state index contributed by atoms with van der Waals surface area (Å²) in [6.45, 7) is 3.65. The van der Waals surface area contributed by atoms with Crippen molar-refractivity contribution in [3.8, 4) is 0 Å². The van der Waals surface area contributed by atoms with Gasteiger partial charge in [-0.3, -0.25) is 9.78 Å². The van der Waals surface area contributed by atoms with Crippen LogP contribution in [0.5, 0.6) is 0 Å². The van der Waals surface area contributed by atoms with Gasteiger partial charge in [-0.05, 0) is 25.5 Å². The maximum atomic E-state index is 13.0. The van der Waals surface area contributed by atoms with Gasteiger partial charge in [0.1, 0.15) is 0 Å². The molecule has 138 valence electrons. The number of rotatable bonds is 4. The van der Waals surface area contributed by atoms with E-state index in [1.807, 2.05) is 49.4 Å². The summed E-state index contributed by atoms with van der Waals surface area (Å²) in [7, 11) is 3.28. The van der Waals surface area contributed by atoms with E-state index < -0.39 is 12.1 Å². The molecule has 0 spiro atoms. The summed E-state index contributed by atoms with van der Waals surface area (Å²) in [5, 5.41) is 0.894. The monoisotopic (exact) mass is 362 g/mol. The number of esters is 1. The lowest BCUT2D eigenvalue weighted by molar-refractivity contribution is -0.138. The van der Waals surface area contributed by atoms with E-state index in [1.165, 1.54) is 4.90 Å². The van der Waals surface area contributed by atoms with Crippen LogP contribution in [0.3, 0.4) is 0 Å². The first-order chi connectivity index (χ1) is 12.9. The van der Waals surface area contributed by atoms with E-state index in [2.05, 4.69) is 4.98 Å². The molecule has 27 heavy (non-hydrogen) atoms. The Kier molecular flexibility index (Phi) is 5.21. The molecular formula is C22H22N2O3. The molecule has 3 aromatic rings. The fourth-order valence-corrected chi connectivity index (χ4v) is 3.12. The number of benzene rings is 2. The Balaban J connectivity index is 2.02. The lowest BCUT2D eigenvalue weighted by Crippen LogP contribution is -2.31. The number of aromatic nitrogens is 1. The molecular weight excluding hydrogens is 340 g/mol. The number of carbonyl (C=O) groups is 2. The first-order valence-electron chi connectivity index (χ1n) is 8.73. The zero-order valence-corrected chi connectivity index (χ0v) is 15.9. The molecule has 0 N–H and O–H groups in total. The zero-order valence-electron chi connectivity index (χ0n) is 15.9. The van der Waals surface area contributed by atoms with E-state index in [0.29, 0.717) is 16.8 Å². The molecule has 0 saturated heterocycles. The fourth-order valence-electron chi connectivity index (χ4n) is 3.12. The number of carbonyl (C=O) groups excluding carboxylic acids is 2. The Morgan fingerprint density at radius 3 is 2.26 bits per heavy atom. The van der Waals surface area contributed by atoms with E-state index in [1.54, 1.807) is 33.2 Å². The Labute approximate surface area is 158 Å². The highest BCUT2D eigenvalue weighted by Gasteiger charge is 2.28. The Morgan fingerprint density at radius 1 is 0.963 bits per heavy atom. The van der Waals surface area contributed by atoms with Gasteiger partial charge in [0.05, 0.1) is 16.8 Å². The molecule has 0 unspecified atom stereocenters. The van der Waals surface area contributed by atoms with Gasteiger partial charge >= 0.3 is 5.97 Å². The molecule has 3 rings (SSSR count). The molecule has 5 heteroatoms. The lowest BCUT2D eigenvalue weighted by Gasteiger charge is -2.22. The summed E-state index contributed by atoms with van der Waals surface area (Å²) in [5.41, 5.74) is 3.25. The van der Waals surface area contributed by atoms with Crippen molar-refractivity contribution in [3.05, 3.63) is 77.0 Å². The van der Waals surface area contributed by atoms with Gasteiger partial charge in [-0.1, -0.05) is 48.5 Å². The van der Waals surface area contributed by atoms with Crippen molar-refractivity contribution >= 4 is 22.8 Å². The van der Waals surface area contributed by atoms with E-state index in [-0.39, 0.29) is 5.91 Å². The normalized spacial score (nSPS) is 11.9. The molecule has 0 aliphatic heterocycles. The first-order valence-corrected chi connectivity index (χ1v) is 8.73. The Bertz CT molecular complexity index is 997. The predicted octanol–water partition coefficient (Wildman–Crippen LogP) is 3.84. The number of pyridine rings is 1. The number of nitrogens with zero attached hydrogens (tertiary/aromatic N) is 2. The number of hydrogen-bond donors (Lipinski definition) is 0. The predicted molar refractivity (Wildman–Crippen MR) is 105 cm³/mol. The molecule has 0 saturated carbocycles. The zero-order chi connectivity index (χ0) is 19.6. The van der Waals surface area contributed by atoms with E-state index in [0.717, 1.165) is 16.5 Å². The van der Waals surface area contributed by atoms with Crippen molar-refractivity contribution in [2.24, 2.45) is 0 Å². The summed E-state index contributed by atoms with van der Waals surface area (Å²) in [5.74, 6) is -0.842. The molecule has 1 heterocycles. The minimum Gasteiger partial charge on any atom is -0.444 e. The summed E-state index contributed by atoms with van der Waals surface area (Å²) in [6.07, 6.45) is -1.00. The summed E-state index contributed by atoms with van der Waals surface area (Å²) in [4.78, 5) is 31.6. The van der Waals surface area contributed by atoms with Gasteiger partial charge in [-0.2, -0.15) is 0 Å². The van der Waals surface area contributed by atoms with E-state index in [4.69, 9.17) is 4.74 Å². The third-order valence-corrected chi connectivity index (χ3v) is 4.53. The van der Waals surface area contributed by atoms with Crippen LogP contribution in [0.4, 0.5) is 0 Å². The maximum absolute atomic E-state index is 13.0. The molecule has 5 nitrogen and oxygen atoms in total. The van der Waals surface area contributed by atoms with Crippen LogP contribution >= 0.6 is 0 Å². The minimum absolute atomic E-state index is 0.293. The topological polar surface area (TPSA) is 59.5 Å². The number of hydrogen-bond acceptors (Lipinski definition) is 4. The maximum Gasteiger partial charge on any atom is 0.341 e. The first kappa shape index (κ1) is 18.6. The van der Waals surface area contributed by atoms with Crippen LogP contribution in [0, 0.1) is 13.8 Å². The minimum atomic E-state index is -1.00. The fraction of sp³-hybridized carbons (Fsp3) is 0.227. The highest BCUT2D eigenvalue weighted by Crippen LogP contribution is 2.26. The van der Waals surface area contributed by atoms with Gasteiger partial charge in [-0.15, -0.1) is 0 Å². The van der Waals surface area contributed by atoms with Crippen LogP contribution in [0.2, 0.25) is 0 Å². The van der Waals surface area contributed by atoms with Crippen LogP contribution in [-0.4, -0.2) is 35.9 Å². The number of fused-ring (bicyclic) bond motifs is 1. The van der Waals surface area contributed by atoms with Crippen LogP contribution < -0.4 is 0 Å². The molecule has 0 fully saturated rings. The molecule has 0 aliphatic carbocycles. The van der Waals surface area contributed by atoms with Crippen molar-refractivity contribution in [2.45, 2.75) is 20.0 Å².